The second kappa shape index (κ2) is 5.67. The first-order valence-corrected chi connectivity index (χ1v) is 6.78. The van der Waals surface area contributed by atoms with Crippen LogP contribution in [0.5, 0.6) is 5.75 Å². The molecule has 0 saturated heterocycles. The predicted octanol–water partition coefficient (Wildman–Crippen LogP) is 3.70. The van der Waals surface area contributed by atoms with Crippen molar-refractivity contribution in [1.29, 1.82) is 5.41 Å². The highest BCUT2D eigenvalue weighted by atomic mass is 16.5. The van der Waals surface area contributed by atoms with Crippen LogP contribution in [0.4, 0.5) is 0 Å². The number of nitrogen functional groups attached to an aromatic ring is 1. The van der Waals surface area contributed by atoms with Crippen LogP contribution in [0.1, 0.15) is 11.1 Å². The minimum Gasteiger partial charge on any atom is -0.488 e. The van der Waals surface area contributed by atoms with Gasteiger partial charge in [-0.05, 0) is 17.0 Å². The van der Waals surface area contributed by atoms with Crippen LogP contribution in [0, 0.1) is 5.41 Å². The number of ether oxygens (including phenoxy) is 1. The molecule has 3 N–H and O–H groups in total. The van der Waals surface area contributed by atoms with Gasteiger partial charge in [-0.15, -0.1) is 0 Å². The first kappa shape index (κ1) is 13.2. The molecule has 0 spiro atoms. The third-order valence-electron chi connectivity index (χ3n) is 3.41. The van der Waals surface area contributed by atoms with E-state index in [-0.39, 0.29) is 5.84 Å². The smallest absolute Gasteiger partial charge is 0.127 e. The third-order valence-corrected chi connectivity index (χ3v) is 3.41. The molecule has 3 nitrogen and oxygen atoms in total. The fraction of sp³-hybridized carbons (Fsp3) is 0.0556. The molecule has 0 heterocycles. The van der Waals surface area contributed by atoms with E-state index in [0.29, 0.717) is 6.61 Å². The number of nitrogens with one attached hydrogen (secondary N) is 1. The minimum absolute atomic E-state index is 0.0801. The van der Waals surface area contributed by atoms with Gasteiger partial charge >= 0.3 is 0 Å². The fourth-order valence-corrected chi connectivity index (χ4v) is 2.26. The van der Waals surface area contributed by atoms with Crippen LogP contribution in [0.3, 0.4) is 0 Å². The summed E-state index contributed by atoms with van der Waals surface area (Å²) in [6.07, 6.45) is 0. The van der Waals surface area contributed by atoms with E-state index < -0.39 is 0 Å². The lowest BCUT2D eigenvalue weighted by Gasteiger charge is -2.09. The number of amidine groups is 1. The van der Waals surface area contributed by atoms with Gasteiger partial charge in [0.15, 0.2) is 0 Å². The van der Waals surface area contributed by atoms with Crippen LogP contribution in [-0.2, 0) is 6.61 Å². The second-order valence-corrected chi connectivity index (χ2v) is 4.88. The Hall–Kier alpha value is -2.81. The molecule has 0 amide bonds. The van der Waals surface area contributed by atoms with E-state index in [9.17, 15) is 0 Å². The maximum atomic E-state index is 7.38. The highest BCUT2D eigenvalue weighted by molar-refractivity contribution is 5.94. The molecule has 3 rings (SSSR count). The fourth-order valence-electron chi connectivity index (χ4n) is 2.26. The zero-order chi connectivity index (χ0) is 14.7. The summed E-state index contributed by atoms with van der Waals surface area (Å²) in [5.74, 6) is 0.959. The third kappa shape index (κ3) is 2.87. The van der Waals surface area contributed by atoms with Crippen LogP contribution >= 0.6 is 0 Å². The van der Waals surface area contributed by atoms with Crippen LogP contribution in [0.15, 0.2) is 66.7 Å². The van der Waals surface area contributed by atoms with Crippen LogP contribution in [0.25, 0.3) is 10.8 Å². The molecule has 0 aliphatic rings. The average molecular weight is 276 g/mol. The molecule has 0 saturated carbocycles. The van der Waals surface area contributed by atoms with Crippen molar-refractivity contribution in [2.24, 2.45) is 5.73 Å². The van der Waals surface area contributed by atoms with Crippen LogP contribution in [-0.4, -0.2) is 5.84 Å². The molecule has 0 fully saturated rings. The van der Waals surface area contributed by atoms with Gasteiger partial charge in [0.25, 0.3) is 0 Å². The number of fused-ring (bicyclic) bond motifs is 1. The first-order chi connectivity index (χ1) is 10.2. The summed E-state index contributed by atoms with van der Waals surface area (Å²) in [7, 11) is 0. The van der Waals surface area contributed by atoms with Gasteiger partial charge in [0, 0.05) is 10.9 Å². The normalized spacial score (nSPS) is 10.5. The van der Waals surface area contributed by atoms with E-state index in [4.69, 9.17) is 15.9 Å². The monoisotopic (exact) mass is 276 g/mol. The van der Waals surface area contributed by atoms with Crippen molar-refractivity contribution < 1.29 is 4.74 Å². The lowest BCUT2D eigenvalue weighted by Crippen LogP contribution is -2.10. The summed E-state index contributed by atoms with van der Waals surface area (Å²) in [4.78, 5) is 0. The lowest BCUT2D eigenvalue weighted by atomic mass is 10.1. The molecular formula is C18H16N2O. The largest absolute Gasteiger partial charge is 0.488 e. The first-order valence-electron chi connectivity index (χ1n) is 6.78. The highest BCUT2D eigenvalue weighted by Crippen LogP contribution is 2.25. The molecule has 0 atom stereocenters. The zero-order valence-corrected chi connectivity index (χ0v) is 11.5. The van der Waals surface area contributed by atoms with Crippen molar-refractivity contribution in [2.45, 2.75) is 6.61 Å². The van der Waals surface area contributed by atoms with Gasteiger partial charge in [-0.3, -0.25) is 5.41 Å². The van der Waals surface area contributed by atoms with Crippen molar-refractivity contribution in [2.75, 3.05) is 0 Å². The van der Waals surface area contributed by atoms with E-state index in [0.717, 1.165) is 22.3 Å². The Morgan fingerprint density at radius 2 is 1.62 bits per heavy atom. The number of nitrogens with two attached hydrogens (primary N) is 1. The molecule has 0 radical (unpaired) electrons. The van der Waals surface area contributed by atoms with Gasteiger partial charge in [0.05, 0.1) is 0 Å². The maximum absolute atomic E-state index is 7.38. The summed E-state index contributed by atoms with van der Waals surface area (Å²) in [5.41, 5.74) is 7.22. The second-order valence-electron chi connectivity index (χ2n) is 4.88. The molecule has 0 aliphatic carbocycles. The zero-order valence-electron chi connectivity index (χ0n) is 11.5. The van der Waals surface area contributed by atoms with Gasteiger partial charge in [-0.1, -0.05) is 60.7 Å². The van der Waals surface area contributed by atoms with E-state index in [1.807, 2.05) is 48.5 Å². The summed E-state index contributed by atoms with van der Waals surface area (Å²) in [6.45, 7) is 0.492. The Balaban J connectivity index is 1.79. The van der Waals surface area contributed by atoms with Crippen molar-refractivity contribution in [3.8, 4) is 5.75 Å². The summed E-state index contributed by atoms with van der Waals surface area (Å²) in [5, 5.41) is 9.66. The molecule has 3 aromatic carbocycles. The van der Waals surface area contributed by atoms with E-state index in [1.54, 1.807) is 0 Å². The summed E-state index contributed by atoms with van der Waals surface area (Å²) in [6, 6.07) is 21.8. The Morgan fingerprint density at radius 3 is 2.38 bits per heavy atom. The van der Waals surface area contributed by atoms with Gasteiger partial charge < -0.3 is 10.5 Å². The van der Waals surface area contributed by atoms with Gasteiger partial charge in [0.2, 0.25) is 0 Å². The Kier molecular flexibility index (Phi) is 3.56. The molecule has 21 heavy (non-hydrogen) atoms. The number of hydrogen-bond donors (Lipinski definition) is 2. The van der Waals surface area contributed by atoms with Crippen molar-refractivity contribution >= 4 is 16.6 Å². The van der Waals surface area contributed by atoms with E-state index in [2.05, 4.69) is 18.2 Å². The van der Waals surface area contributed by atoms with E-state index >= 15 is 0 Å². The Morgan fingerprint density at radius 1 is 0.905 bits per heavy atom. The van der Waals surface area contributed by atoms with Gasteiger partial charge in [-0.2, -0.15) is 0 Å². The summed E-state index contributed by atoms with van der Waals surface area (Å²) >= 11 is 0. The molecule has 0 unspecified atom stereocenters. The van der Waals surface area contributed by atoms with Crippen molar-refractivity contribution in [3.05, 3.63) is 77.9 Å². The molecule has 0 aromatic heterocycles. The predicted molar refractivity (Wildman–Crippen MR) is 85.7 cm³/mol. The molecule has 0 aliphatic heterocycles. The van der Waals surface area contributed by atoms with Gasteiger partial charge in [0.1, 0.15) is 18.2 Å². The van der Waals surface area contributed by atoms with Gasteiger partial charge in [-0.25, -0.2) is 0 Å². The van der Waals surface area contributed by atoms with Crippen LogP contribution < -0.4 is 10.5 Å². The lowest BCUT2D eigenvalue weighted by molar-refractivity contribution is 0.310. The Bertz CT molecular complexity index is 773. The molecule has 104 valence electrons. The topological polar surface area (TPSA) is 59.1 Å². The molecule has 3 aromatic rings. The summed E-state index contributed by atoms with van der Waals surface area (Å²) < 4.78 is 5.92. The Labute approximate surface area is 123 Å². The molecule has 3 heteroatoms. The molecule has 0 bridgehead atoms. The standard InChI is InChI=1S/C18H16N2O/c19-18(20)15-10-8-13(9-11-15)12-21-17-7-3-5-14-4-1-2-6-16(14)17/h1-11H,12H2,(H3,19,20). The number of rotatable bonds is 4. The number of hydrogen-bond acceptors (Lipinski definition) is 2. The van der Waals surface area contributed by atoms with Crippen molar-refractivity contribution in [1.82, 2.24) is 0 Å². The van der Waals surface area contributed by atoms with Crippen molar-refractivity contribution in [3.63, 3.8) is 0 Å². The maximum Gasteiger partial charge on any atom is 0.127 e. The minimum atomic E-state index is 0.0801. The van der Waals surface area contributed by atoms with Crippen LogP contribution in [0.2, 0.25) is 0 Å². The molecular weight excluding hydrogens is 260 g/mol. The average Bonchev–Trinajstić information content (AvgIpc) is 2.53. The highest BCUT2D eigenvalue weighted by Gasteiger charge is 2.02. The number of benzene rings is 3. The van der Waals surface area contributed by atoms with E-state index in [1.165, 1.54) is 5.39 Å². The quantitative estimate of drug-likeness (QED) is 0.564. The SMILES string of the molecule is N=C(N)c1ccc(COc2cccc3ccccc23)cc1.